The van der Waals surface area contributed by atoms with Crippen molar-refractivity contribution in [3.8, 4) is 11.4 Å². The fourth-order valence-corrected chi connectivity index (χ4v) is 2.31. The average Bonchev–Trinajstić information content (AvgIpc) is 2.57. The van der Waals surface area contributed by atoms with Crippen LogP contribution in [0.2, 0.25) is 5.15 Å². The molecule has 2 aromatic heterocycles. The van der Waals surface area contributed by atoms with E-state index < -0.39 is 0 Å². The van der Waals surface area contributed by atoms with Gasteiger partial charge in [-0.2, -0.15) is 0 Å². The van der Waals surface area contributed by atoms with Crippen molar-refractivity contribution >= 4 is 28.9 Å². The van der Waals surface area contributed by atoms with Crippen LogP contribution < -0.4 is 10.6 Å². The van der Waals surface area contributed by atoms with E-state index in [4.69, 9.17) is 11.6 Å². The quantitative estimate of drug-likeness (QED) is 0.656. The predicted octanol–water partition coefficient (Wildman–Crippen LogP) is 4.76. The second-order valence-electron chi connectivity index (χ2n) is 5.62. The third-order valence-electron chi connectivity index (χ3n) is 3.19. The van der Waals surface area contributed by atoms with Crippen molar-refractivity contribution < 1.29 is 0 Å². The standard InChI is InChI=1S/C18H18ClN5/c1-12(2)21-16-10-17(22-14-8-9-15(19)20-11-14)24-18(23-16)13-6-4-3-5-7-13/h3-12H,1-2H3,(H2,21,22,23,24). The zero-order chi connectivity index (χ0) is 16.9. The number of halogens is 1. The first-order chi connectivity index (χ1) is 11.6. The maximum atomic E-state index is 5.83. The molecule has 0 saturated carbocycles. The van der Waals surface area contributed by atoms with Crippen LogP contribution in [0.3, 0.4) is 0 Å². The van der Waals surface area contributed by atoms with E-state index in [-0.39, 0.29) is 6.04 Å². The molecule has 3 rings (SSSR count). The highest BCUT2D eigenvalue weighted by Gasteiger charge is 2.08. The molecule has 0 atom stereocenters. The number of pyridine rings is 1. The fraction of sp³-hybridized carbons (Fsp3) is 0.167. The van der Waals surface area contributed by atoms with Crippen molar-refractivity contribution in [2.45, 2.75) is 19.9 Å². The van der Waals surface area contributed by atoms with Crippen molar-refractivity contribution in [2.75, 3.05) is 10.6 Å². The third kappa shape index (κ3) is 4.20. The molecule has 0 unspecified atom stereocenters. The summed E-state index contributed by atoms with van der Waals surface area (Å²) in [6.07, 6.45) is 1.67. The average molecular weight is 340 g/mol. The highest BCUT2D eigenvalue weighted by molar-refractivity contribution is 6.29. The van der Waals surface area contributed by atoms with E-state index in [1.165, 1.54) is 0 Å². The lowest BCUT2D eigenvalue weighted by atomic mass is 10.2. The maximum absolute atomic E-state index is 5.83. The molecule has 0 amide bonds. The van der Waals surface area contributed by atoms with Gasteiger partial charge in [0.05, 0.1) is 11.9 Å². The molecule has 2 N–H and O–H groups in total. The summed E-state index contributed by atoms with van der Waals surface area (Å²) in [4.78, 5) is 13.3. The fourth-order valence-electron chi connectivity index (χ4n) is 2.19. The number of hydrogen-bond acceptors (Lipinski definition) is 5. The van der Waals surface area contributed by atoms with Gasteiger partial charge >= 0.3 is 0 Å². The first-order valence-electron chi connectivity index (χ1n) is 7.70. The van der Waals surface area contributed by atoms with Crippen LogP contribution in [0.25, 0.3) is 11.4 Å². The highest BCUT2D eigenvalue weighted by atomic mass is 35.5. The van der Waals surface area contributed by atoms with Crippen molar-refractivity contribution in [1.82, 2.24) is 15.0 Å². The van der Waals surface area contributed by atoms with E-state index in [2.05, 4.69) is 39.4 Å². The van der Waals surface area contributed by atoms with Crippen molar-refractivity contribution in [3.05, 3.63) is 59.9 Å². The van der Waals surface area contributed by atoms with Gasteiger partial charge in [-0.15, -0.1) is 0 Å². The van der Waals surface area contributed by atoms with Gasteiger partial charge in [0, 0.05) is 17.7 Å². The number of benzene rings is 1. The van der Waals surface area contributed by atoms with Crippen molar-refractivity contribution in [2.24, 2.45) is 0 Å². The van der Waals surface area contributed by atoms with Crippen LogP contribution in [0, 0.1) is 0 Å². The van der Waals surface area contributed by atoms with Gasteiger partial charge in [-0.25, -0.2) is 15.0 Å². The molecule has 24 heavy (non-hydrogen) atoms. The van der Waals surface area contributed by atoms with Gasteiger partial charge in [0.15, 0.2) is 5.82 Å². The molecule has 0 saturated heterocycles. The molecule has 0 aliphatic heterocycles. The molecule has 5 nitrogen and oxygen atoms in total. The molecule has 3 aromatic rings. The van der Waals surface area contributed by atoms with E-state index >= 15 is 0 Å². The zero-order valence-corrected chi connectivity index (χ0v) is 14.2. The summed E-state index contributed by atoms with van der Waals surface area (Å²) < 4.78 is 0. The minimum Gasteiger partial charge on any atom is -0.368 e. The Morgan fingerprint density at radius 3 is 2.38 bits per heavy atom. The van der Waals surface area contributed by atoms with Crippen LogP contribution in [0.15, 0.2) is 54.7 Å². The summed E-state index contributed by atoms with van der Waals surface area (Å²) in [5.74, 6) is 2.12. The van der Waals surface area contributed by atoms with E-state index in [0.717, 1.165) is 17.1 Å². The van der Waals surface area contributed by atoms with Gasteiger partial charge < -0.3 is 10.6 Å². The minimum atomic E-state index is 0.272. The Bertz CT molecular complexity index is 803. The molecule has 0 radical (unpaired) electrons. The largest absolute Gasteiger partial charge is 0.368 e. The van der Waals surface area contributed by atoms with Gasteiger partial charge in [-0.1, -0.05) is 41.9 Å². The number of anilines is 3. The molecule has 0 bridgehead atoms. The number of nitrogens with zero attached hydrogens (tertiary/aromatic N) is 3. The Balaban J connectivity index is 1.96. The molecular weight excluding hydrogens is 322 g/mol. The topological polar surface area (TPSA) is 62.7 Å². The van der Waals surface area contributed by atoms with Crippen LogP contribution in [-0.4, -0.2) is 21.0 Å². The van der Waals surface area contributed by atoms with Gasteiger partial charge in [-0.05, 0) is 26.0 Å². The lowest BCUT2D eigenvalue weighted by Crippen LogP contribution is -2.12. The second kappa shape index (κ2) is 7.27. The molecule has 0 aliphatic carbocycles. The Morgan fingerprint density at radius 2 is 1.71 bits per heavy atom. The van der Waals surface area contributed by atoms with Gasteiger partial charge in [-0.3, -0.25) is 0 Å². The molecule has 6 heteroatoms. The first-order valence-corrected chi connectivity index (χ1v) is 8.07. The van der Waals surface area contributed by atoms with Crippen LogP contribution in [0.4, 0.5) is 17.3 Å². The molecule has 0 spiro atoms. The third-order valence-corrected chi connectivity index (χ3v) is 3.42. The molecular formula is C18H18ClN5. The van der Waals surface area contributed by atoms with E-state index in [1.54, 1.807) is 12.3 Å². The maximum Gasteiger partial charge on any atom is 0.163 e. The second-order valence-corrected chi connectivity index (χ2v) is 6.01. The predicted molar refractivity (Wildman–Crippen MR) is 98.8 cm³/mol. The molecule has 0 aliphatic rings. The van der Waals surface area contributed by atoms with E-state index in [1.807, 2.05) is 42.5 Å². The number of hydrogen-bond donors (Lipinski definition) is 2. The van der Waals surface area contributed by atoms with Gasteiger partial charge in [0.1, 0.15) is 16.8 Å². The monoisotopic (exact) mass is 339 g/mol. The lowest BCUT2D eigenvalue weighted by Gasteiger charge is -2.13. The summed E-state index contributed by atoms with van der Waals surface area (Å²) in [5, 5.41) is 7.02. The van der Waals surface area contributed by atoms with Crippen molar-refractivity contribution in [3.63, 3.8) is 0 Å². The summed E-state index contributed by atoms with van der Waals surface area (Å²) in [6.45, 7) is 4.14. The smallest absolute Gasteiger partial charge is 0.163 e. The highest BCUT2D eigenvalue weighted by Crippen LogP contribution is 2.23. The normalized spacial score (nSPS) is 10.7. The van der Waals surface area contributed by atoms with Crippen molar-refractivity contribution in [1.29, 1.82) is 0 Å². The molecule has 0 fully saturated rings. The number of aromatic nitrogens is 3. The Hall–Kier alpha value is -2.66. The summed E-state index contributed by atoms with van der Waals surface area (Å²) >= 11 is 5.83. The molecule has 1 aromatic carbocycles. The van der Waals surface area contributed by atoms with Gasteiger partial charge in [0.25, 0.3) is 0 Å². The Labute approximate surface area is 146 Å². The minimum absolute atomic E-state index is 0.272. The van der Waals surface area contributed by atoms with Crippen LogP contribution >= 0.6 is 11.6 Å². The molecule has 122 valence electrons. The summed E-state index contributed by atoms with van der Waals surface area (Å²) in [6, 6.07) is 15.6. The first kappa shape index (κ1) is 16.2. The number of rotatable bonds is 5. The summed E-state index contributed by atoms with van der Waals surface area (Å²) in [7, 11) is 0. The van der Waals surface area contributed by atoms with Crippen LogP contribution in [0.5, 0.6) is 0 Å². The Kier molecular flexibility index (Phi) is 4.91. The van der Waals surface area contributed by atoms with Gasteiger partial charge in [0.2, 0.25) is 0 Å². The van der Waals surface area contributed by atoms with E-state index in [9.17, 15) is 0 Å². The van der Waals surface area contributed by atoms with Crippen LogP contribution in [0.1, 0.15) is 13.8 Å². The SMILES string of the molecule is CC(C)Nc1cc(Nc2ccc(Cl)nc2)nc(-c2ccccc2)n1. The Morgan fingerprint density at radius 1 is 0.958 bits per heavy atom. The molecule has 2 heterocycles. The van der Waals surface area contributed by atoms with Crippen LogP contribution in [-0.2, 0) is 0 Å². The van der Waals surface area contributed by atoms with E-state index in [0.29, 0.717) is 16.8 Å². The number of nitrogens with one attached hydrogen (secondary N) is 2. The summed E-state index contributed by atoms with van der Waals surface area (Å²) in [5.41, 5.74) is 1.77. The lowest BCUT2D eigenvalue weighted by molar-refractivity contribution is 0.887. The zero-order valence-electron chi connectivity index (χ0n) is 13.5.